The van der Waals surface area contributed by atoms with E-state index in [1.54, 1.807) is 13.0 Å². The normalized spacial score (nSPS) is 19.9. The Labute approximate surface area is 219 Å². The second-order valence-corrected chi connectivity index (χ2v) is 10.6. The van der Waals surface area contributed by atoms with E-state index in [4.69, 9.17) is 0 Å². The van der Waals surface area contributed by atoms with Gasteiger partial charge in [-0.25, -0.2) is 9.97 Å². The molecule has 37 heavy (non-hydrogen) atoms. The molecule has 2 amide bonds. The van der Waals surface area contributed by atoms with Gasteiger partial charge in [-0.3, -0.25) is 19.4 Å². The summed E-state index contributed by atoms with van der Waals surface area (Å²) in [5, 5.41) is 6.60. The number of fused-ring (bicyclic) bond motifs is 1. The van der Waals surface area contributed by atoms with Crippen LogP contribution in [0.4, 0.5) is 5.82 Å². The van der Waals surface area contributed by atoms with Gasteiger partial charge >= 0.3 is 0 Å². The van der Waals surface area contributed by atoms with Crippen LogP contribution >= 0.6 is 0 Å². The Bertz CT molecular complexity index is 1050. The van der Waals surface area contributed by atoms with Crippen molar-refractivity contribution in [1.82, 2.24) is 30.0 Å². The maximum atomic E-state index is 13.1. The summed E-state index contributed by atoms with van der Waals surface area (Å²) in [7, 11) is 0. The van der Waals surface area contributed by atoms with Crippen LogP contribution in [0.2, 0.25) is 0 Å². The van der Waals surface area contributed by atoms with E-state index in [1.807, 2.05) is 4.90 Å². The van der Waals surface area contributed by atoms with E-state index in [0.29, 0.717) is 18.1 Å². The van der Waals surface area contributed by atoms with Crippen LogP contribution in [-0.4, -0.2) is 87.8 Å². The average molecular weight is 506 g/mol. The Kier molecular flexibility index (Phi) is 8.31. The summed E-state index contributed by atoms with van der Waals surface area (Å²) in [5.41, 5.74) is 3.21. The Balaban J connectivity index is 1.17. The SMILES string of the molecule is CC(=O)N1CCC(Nc2cc(C(=O)NC[C@@H](CN3Cc4ccccc4C3)N3CCCCC3)ncn2)CC1. The molecule has 1 aromatic heterocycles. The molecular weight excluding hydrogens is 466 g/mol. The molecule has 1 atom stereocenters. The van der Waals surface area contributed by atoms with E-state index in [0.717, 1.165) is 58.7 Å². The molecule has 0 saturated carbocycles. The van der Waals surface area contributed by atoms with Gasteiger partial charge in [-0.05, 0) is 49.9 Å². The molecule has 9 nitrogen and oxygen atoms in total. The number of nitrogens with zero attached hydrogens (tertiary/aromatic N) is 5. The minimum absolute atomic E-state index is 0.122. The number of amides is 2. The molecule has 198 valence electrons. The Morgan fingerprint density at radius 3 is 2.38 bits per heavy atom. The van der Waals surface area contributed by atoms with Gasteiger partial charge in [-0.1, -0.05) is 30.7 Å². The summed E-state index contributed by atoms with van der Waals surface area (Å²) >= 11 is 0. The fraction of sp³-hybridized carbons (Fsp3) is 0.571. The summed E-state index contributed by atoms with van der Waals surface area (Å²) in [6, 6.07) is 10.9. The molecule has 2 aromatic rings. The standard InChI is InChI=1S/C28H39N7O2/c1-21(36)34-13-9-24(10-14-34)32-27-15-26(30-20-31-27)28(37)29-16-25(35-11-5-2-6-12-35)19-33-17-22-7-3-4-8-23(22)18-33/h3-4,7-8,15,20,24-25H,2,5-6,9-14,16-19H2,1H3,(H,29,37)(H,30,31,32)/t25-/m0/s1. The molecule has 3 aliphatic heterocycles. The number of benzene rings is 1. The van der Waals surface area contributed by atoms with E-state index in [9.17, 15) is 9.59 Å². The van der Waals surface area contributed by atoms with Crippen LogP contribution in [0.5, 0.6) is 0 Å². The highest BCUT2D eigenvalue weighted by atomic mass is 16.2. The fourth-order valence-electron chi connectivity index (χ4n) is 5.83. The van der Waals surface area contributed by atoms with Crippen LogP contribution in [0.15, 0.2) is 36.7 Å². The quantitative estimate of drug-likeness (QED) is 0.569. The fourth-order valence-corrected chi connectivity index (χ4v) is 5.83. The first-order chi connectivity index (χ1) is 18.0. The van der Waals surface area contributed by atoms with Crippen molar-refractivity contribution in [2.45, 2.75) is 64.2 Å². The lowest BCUT2D eigenvalue weighted by atomic mass is 10.1. The van der Waals surface area contributed by atoms with E-state index < -0.39 is 0 Å². The number of likely N-dealkylation sites (tertiary alicyclic amines) is 2. The van der Waals surface area contributed by atoms with E-state index in [2.05, 4.69) is 54.7 Å². The predicted molar refractivity (Wildman–Crippen MR) is 143 cm³/mol. The van der Waals surface area contributed by atoms with Crippen molar-refractivity contribution in [1.29, 1.82) is 0 Å². The molecule has 0 bridgehead atoms. The van der Waals surface area contributed by atoms with Gasteiger partial charge in [0.25, 0.3) is 5.91 Å². The van der Waals surface area contributed by atoms with Gasteiger partial charge in [0.15, 0.2) is 0 Å². The van der Waals surface area contributed by atoms with Crippen LogP contribution in [0.3, 0.4) is 0 Å². The molecular formula is C28H39N7O2. The molecule has 2 saturated heterocycles. The van der Waals surface area contributed by atoms with E-state index >= 15 is 0 Å². The van der Waals surface area contributed by atoms with Crippen molar-refractivity contribution in [3.8, 4) is 0 Å². The molecule has 2 fully saturated rings. The van der Waals surface area contributed by atoms with Crippen LogP contribution in [0.1, 0.15) is 60.6 Å². The maximum Gasteiger partial charge on any atom is 0.270 e. The zero-order valence-corrected chi connectivity index (χ0v) is 21.9. The number of rotatable bonds is 8. The van der Waals surface area contributed by atoms with Gasteiger partial charge in [0.2, 0.25) is 5.91 Å². The van der Waals surface area contributed by atoms with E-state index in [1.165, 1.54) is 36.7 Å². The van der Waals surface area contributed by atoms with Crippen LogP contribution in [-0.2, 0) is 17.9 Å². The van der Waals surface area contributed by atoms with Crippen molar-refractivity contribution in [2.24, 2.45) is 0 Å². The Hall–Kier alpha value is -3.04. The molecule has 3 aliphatic rings. The van der Waals surface area contributed by atoms with Gasteiger partial charge in [-0.2, -0.15) is 0 Å². The third-order valence-corrected chi connectivity index (χ3v) is 7.97. The lowest BCUT2D eigenvalue weighted by molar-refractivity contribution is -0.129. The molecule has 4 heterocycles. The summed E-state index contributed by atoms with van der Waals surface area (Å²) in [4.78, 5) is 40.2. The monoisotopic (exact) mass is 505 g/mol. The van der Waals surface area contributed by atoms with Crippen LogP contribution in [0.25, 0.3) is 0 Å². The van der Waals surface area contributed by atoms with Gasteiger partial charge in [0.05, 0.1) is 0 Å². The van der Waals surface area contributed by atoms with Crippen molar-refractivity contribution in [3.05, 3.63) is 53.5 Å². The molecule has 0 spiro atoms. The number of carbonyl (C=O) groups excluding carboxylic acids is 2. The first-order valence-electron chi connectivity index (χ1n) is 13.7. The second kappa shape index (κ2) is 12.0. The third-order valence-electron chi connectivity index (χ3n) is 7.97. The summed E-state index contributed by atoms with van der Waals surface area (Å²) in [6.45, 7) is 8.75. The lowest BCUT2D eigenvalue weighted by Gasteiger charge is -2.36. The van der Waals surface area contributed by atoms with Crippen molar-refractivity contribution in [3.63, 3.8) is 0 Å². The maximum absolute atomic E-state index is 13.1. The van der Waals surface area contributed by atoms with Gasteiger partial charge < -0.3 is 15.5 Å². The molecule has 2 N–H and O–H groups in total. The highest BCUT2D eigenvalue weighted by molar-refractivity contribution is 5.92. The lowest BCUT2D eigenvalue weighted by Crippen LogP contribution is -2.51. The smallest absolute Gasteiger partial charge is 0.270 e. The predicted octanol–water partition coefficient (Wildman–Crippen LogP) is 2.50. The number of hydrogen-bond acceptors (Lipinski definition) is 7. The molecule has 0 radical (unpaired) electrons. The van der Waals surface area contributed by atoms with Gasteiger partial charge in [-0.15, -0.1) is 0 Å². The zero-order chi connectivity index (χ0) is 25.6. The highest BCUT2D eigenvalue weighted by Crippen LogP contribution is 2.24. The number of aromatic nitrogens is 2. The molecule has 1 aromatic carbocycles. The largest absolute Gasteiger partial charge is 0.367 e. The number of nitrogens with one attached hydrogen (secondary N) is 2. The number of hydrogen-bond donors (Lipinski definition) is 2. The number of piperidine rings is 2. The molecule has 5 rings (SSSR count). The minimum Gasteiger partial charge on any atom is -0.367 e. The summed E-state index contributed by atoms with van der Waals surface area (Å²) in [6.07, 6.45) is 6.90. The zero-order valence-electron chi connectivity index (χ0n) is 21.9. The summed E-state index contributed by atoms with van der Waals surface area (Å²) in [5.74, 6) is 0.615. The topological polar surface area (TPSA) is 93.7 Å². The van der Waals surface area contributed by atoms with Crippen molar-refractivity contribution >= 4 is 17.6 Å². The molecule has 9 heteroatoms. The van der Waals surface area contributed by atoms with E-state index in [-0.39, 0.29) is 23.9 Å². The average Bonchev–Trinajstić information content (AvgIpc) is 3.34. The Morgan fingerprint density at radius 1 is 1.00 bits per heavy atom. The number of anilines is 1. The highest BCUT2D eigenvalue weighted by Gasteiger charge is 2.27. The first kappa shape index (κ1) is 25.6. The first-order valence-corrected chi connectivity index (χ1v) is 13.7. The minimum atomic E-state index is -0.163. The van der Waals surface area contributed by atoms with Gasteiger partial charge in [0.1, 0.15) is 17.8 Å². The van der Waals surface area contributed by atoms with Crippen LogP contribution < -0.4 is 10.6 Å². The molecule has 0 aliphatic carbocycles. The van der Waals surface area contributed by atoms with Crippen LogP contribution in [0, 0.1) is 0 Å². The van der Waals surface area contributed by atoms with Gasteiger partial charge in [0, 0.05) is 64.3 Å². The third kappa shape index (κ3) is 6.64. The second-order valence-electron chi connectivity index (χ2n) is 10.6. The van der Waals surface area contributed by atoms with Crippen molar-refractivity contribution in [2.75, 3.05) is 44.6 Å². The number of carbonyl (C=O) groups is 2. The Morgan fingerprint density at radius 2 is 1.70 bits per heavy atom. The van der Waals surface area contributed by atoms with Crippen molar-refractivity contribution < 1.29 is 9.59 Å². The molecule has 0 unspecified atom stereocenters. The summed E-state index contributed by atoms with van der Waals surface area (Å²) < 4.78 is 0.